The van der Waals surface area contributed by atoms with Gasteiger partial charge in [0.05, 0.1) is 0 Å². The standard InChI is InChI=1S/C6H6.2ClH.H3O4P/c1-2-4-6-5-3-1;;;1-5(2,3)4/h1-6H;2*1H;(H3,1,2,3,4). The lowest BCUT2D eigenvalue weighted by molar-refractivity contribution is 0.275. The molecular formula is C6H11Cl2O4P. The fourth-order valence-corrected chi connectivity index (χ4v) is 0.385. The van der Waals surface area contributed by atoms with E-state index in [1.54, 1.807) is 0 Å². The highest BCUT2D eigenvalue weighted by atomic mass is 35.5. The molecule has 1 aromatic carbocycles. The lowest BCUT2D eigenvalue weighted by atomic mass is 10.4. The van der Waals surface area contributed by atoms with Crippen molar-refractivity contribution in [1.82, 2.24) is 0 Å². The van der Waals surface area contributed by atoms with Crippen LogP contribution in [0.15, 0.2) is 36.4 Å². The molecule has 0 bridgehead atoms. The molecule has 0 aliphatic heterocycles. The van der Waals surface area contributed by atoms with Gasteiger partial charge in [0.25, 0.3) is 0 Å². The van der Waals surface area contributed by atoms with Crippen molar-refractivity contribution in [3.05, 3.63) is 36.4 Å². The van der Waals surface area contributed by atoms with Crippen molar-refractivity contribution in [2.75, 3.05) is 0 Å². The number of benzene rings is 1. The van der Waals surface area contributed by atoms with Crippen LogP contribution in [0.5, 0.6) is 0 Å². The van der Waals surface area contributed by atoms with E-state index in [1.807, 2.05) is 36.4 Å². The Kier molecular flexibility index (Phi) is 14.3. The number of hydrogen-bond donors (Lipinski definition) is 3. The highest BCUT2D eigenvalue weighted by Gasteiger charge is 2.00. The summed E-state index contributed by atoms with van der Waals surface area (Å²) in [5, 5.41) is 0. The van der Waals surface area contributed by atoms with Gasteiger partial charge in [-0.3, -0.25) is 0 Å². The van der Waals surface area contributed by atoms with Crippen molar-refractivity contribution in [2.45, 2.75) is 0 Å². The summed E-state index contributed by atoms with van der Waals surface area (Å²) in [7, 11) is -4.64. The summed E-state index contributed by atoms with van der Waals surface area (Å²) in [5.41, 5.74) is 0. The molecule has 1 aromatic rings. The Labute approximate surface area is 88.7 Å². The predicted octanol–water partition coefficient (Wildman–Crippen LogP) is 1.60. The molecule has 0 radical (unpaired) electrons. The van der Waals surface area contributed by atoms with E-state index in [9.17, 15) is 0 Å². The van der Waals surface area contributed by atoms with Crippen LogP contribution in [0.2, 0.25) is 0 Å². The molecule has 0 atom stereocenters. The van der Waals surface area contributed by atoms with Crippen LogP contribution in [0.3, 0.4) is 0 Å². The minimum absolute atomic E-state index is 0. The molecule has 3 N–H and O–H groups in total. The third-order valence-corrected chi connectivity index (χ3v) is 0.667. The molecule has 0 aliphatic rings. The zero-order valence-corrected chi connectivity index (χ0v) is 9.01. The van der Waals surface area contributed by atoms with E-state index in [4.69, 9.17) is 19.2 Å². The molecule has 0 fully saturated rings. The SMILES string of the molecule is Cl.Cl.O=P(O)(O)O.c1ccccc1. The minimum Gasteiger partial charge on any atom is -0.303 e. The Morgan fingerprint density at radius 1 is 0.692 bits per heavy atom. The van der Waals surface area contributed by atoms with Gasteiger partial charge in [-0.05, 0) is 0 Å². The Balaban J connectivity index is -0.000000136. The molecule has 4 nitrogen and oxygen atoms in total. The predicted molar refractivity (Wildman–Crippen MR) is 55.2 cm³/mol. The lowest BCUT2D eigenvalue weighted by Gasteiger charge is -1.82. The molecule has 0 spiro atoms. The topological polar surface area (TPSA) is 77.8 Å². The molecule has 0 heterocycles. The van der Waals surface area contributed by atoms with Gasteiger partial charge in [0, 0.05) is 0 Å². The van der Waals surface area contributed by atoms with Gasteiger partial charge < -0.3 is 14.7 Å². The molecule has 0 aliphatic carbocycles. The van der Waals surface area contributed by atoms with Crippen molar-refractivity contribution in [3.8, 4) is 0 Å². The van der Waals surface area contributed by atoms with Gasteiger partial charge in [0.2, 0.25) is 0 Å². The molecule has 7 heteroatoms. The third kappa shape index (κ3) is 33.5. The van der Waals surface area contributed by atoms with Crippen molar-refractivity contribution in [1.29, 1.82) is 0 Å². The zero-order valence-electron chi connectivity index (χ0n) is 6.48. The molecule has 0 saturated heterocycles. The highest BCUT2D eigenvalue weighted by Crippen LogP contribution is 2.25. The summed E-state index contributed by atoms with van der Waals surface area (Å²) in [6.45, 7) is 0. The number of halogens is 2. The van der Waals surface area contributed by atoms with Crippen LogP contribution >= 0.6 is 32.6 Å². The second-order valence-corrected chi connectivity index (χ2v) is 2.69. The van der Waals surface area contributed by atoms with E-state index in [1.165, 1.54) is 0 Å². The summed E-state index contributed by atoms with van der Waals surface area (Å²) in [6.07, 6.45) is 0. The van der Waals surface area contributed by atoms with E-state index in [0.29, 0.717) is 0 Å². The van der Waals surface area contributed by atoms with E-state index >= 15 is 0 Å². The first-order valence-electron chi connectivity index (χ1n) is 2.78. The van der Waals surface area contributed by atoms with E-state index < -0.39 is 7.82 Å². The Morgan fingerprint density at radius 3 is 0.846 bits per heavy atom. The number of phosphoric acid groups is 1. The Bertz CT molecular complexity index is 190. The van der Waals surface area contributed by atoms with Crippen molar-refractivity contribution < 1.29 is 19.2 Å². The molecule has 0 unspecified atom stereocenters. The second kappa shape index (κ2) is 9.99. The maximum atomic E-state index is 8.88. The highest BCUT2D eigenvalue weighted by molar-refractivity contribution is 7.45. The van der Waals surface area contributed by atoms with Crippen LogP contribution < -0.4 is 0 Å². The van der Waals surface area contributed by atoms with Crippen LogP contribution in [0.1, 0.15) is 0 Å². The fourth-order valence-electron chi connectivity index (χ4n) is 0.385. The van der Waals surface area contributed by atoms with Gasteiger partial charge in [0.1, 0.15) is 0 Å². The maximum absolute atomic E-state index is 8.88. The largest absolute Gasteiger partial charge is 0.466 e. The van der Waals surface area contributed by atoms with Gasteiger partial charge in [-0.25, -0.2) is 4.57 Å². The zero-order chi connectivity index (χ0) is 8.74. The second-order valence-electron chi connectivity index (χ2n) is 1.67. The summed E-state index contributed by atoms with van der Waals surface area (Å²) >= 11 is 0. The molecule has 0 amide bonds. The summed E-state index contributed by atoms with van der Waals surface area (Å²) < 4.78 is 8.88. The van der Waals surface area contributed by atoms with Gasteiger partial charge in [-0.15, -0.1) is 24.8 Å². The summed E-state index contributed by atoms with van der Waals surface area (Å²) in [6, 6.07) is 12.0. The Hall–Kier alpha value is -0.0900. The van der Waals surface area contributed by atoms with Gasteiger partial charge >= 0.3 is 7.82 Å². The van der Waals surface area contributed by atoms with Crippen LogP contribution in [0, 0.1) is 0 Å². The lowest BCUT2D eigenvalue weighted by Crippen LogP contribution is -1.66. The smallest absolute Gasteiger partial charge is 0.303 e. The van der Waals surface area contributed by atoms with Gasteiger partial charge in [0.15, 0.2) is 0 Å². The number of rotatable bonds is 0. The van der Waals surface area contributed by atoms with Gasteiger partial charge in [-0.2, -0.15) is 0 Å². The molecule has 1 rings (SSSR count). The third-order valence-electron chi connectivity index (χ3n) is 0.667. The van der Waals surface area contributed by atoms with Crippen LogP contribution in [0.4, 0.5) is 0 Å². The van der Waals surface area contributed by atoms with Crippen molar-refractivity contribution >= 4 is 32.6 Å². The maximum Gasteiger partial charge on any atom is 0.466 e. The van der Waals surface area contributed by atoms with Crippen molar-refractivity contribution in [3.63, 3.8) is 0 Å². The first kappa shape index (κ1) is 18.6. The molecule has 0 saturated carbocycles. The fraction of sp³-hybridized carbons (Fsp3) is 0. The van der Waals surface area contributed by atoms with Gasteiger partial charge in [-0.1, -0.05) is 36.4 Å². The summed E-state index contributed by atoms with van der Waals surface area (Å²) in [4.78, 5) is 21.6. The normalized spacial score (nSPS) is 8.23. The Morgan fingerprint density at radius 2 is 0.769 bits per heavy atom. The molecule has 78 valence electrons. The van der Waals surface area contributed by atoms with E-state index in [0.717, 1.165) is 0 Å². The van der Waals surface area contributed by atoms with Crippen LogP contribution in [-0.4, -0.2) is 14.7 Å². The monoisotopic (exact) mass is 248 g/mol. The molecule has 0 aromatic heterocycles. The van der Waals surface area contributed by atoms with Crippen LogP contribution in [0.25, 0.3) is 0 Å². The average molecular weight is 249 g/mol. The minimum atomic E-state index is -4.64. The summed E-state index contributed by atoms with van der Waals surface area (Å²) in [5.74, 6) is 0. The van der Waals surface area contributed by atoms with Crippen molar-refractivity contribution in [2.24, 2.45) is 0 Å². The molecule has 13 heavy (non-hydrogen) atoms. The quantitative estimate of drug-likeness (QED) is 0.610. The number of hydrogen-bond acceptors (Lipinski definition) is 1. The van der Waals surface area contributed by atoms with Crippen LogP contribution in [-0.2, 0) is 4.57 Å². The first-order chi connectivity index (χ1) is 5.00. The first-order valence-corrected chi connectivity index (χ1v) is 4.35. The average Bonchev–Trinajstić information content (AvgIpc) is 1.88. The molecular weight excluding hydrogens is 238 g/mol. The van der Waals surface area contributed by atoms with E-state index in [2.05, 4.69) is 0 Å². The van der Waals surface area contributed by atoms with E-state index in [-0.39, 0.29) is 24.8 Å².